The van der Waals surface area contributed by atoms with Crippen LogP contribution in [0.5, 0.6) is 0 Å². The van der Waals surface area contributed by atoms with Gasteiger partial charge in [0.05, 0.1) is 11.8 Å². The van der Waals surface area contributed by atoms with Gasteiger partial charge in [0, 0.05) is 10.9 Å². The van der Waals surface area contributed by atoms with Crippen LogP contribution < -0.4 is 5.32 Å². The van der Waals surface area contributed by atoms with E-state index in [0.717, 1.165) is 28.1 Å². The van der Waals surface area contributed by atoms with Gasteiger partial charge in [-0.2, -0.15) is 0 Å². The van der Waals surface area contributed by atoms with Gasteiger partial charge in [-0.15, -0.1) is 11.3 Å². The summed E-state index contributed by atoms with van der Waals surface area (Å²) in [6, 6.07) is 14.5. The lowest BCUT2D eigenvalue weighted by molar-refractivity contribution is -0.402. The maximum Gasteiger partial charge on any atom is 0.433 e. The van der Waals surface area contributed by atoms with Crippen molar-refractivity contribution in [3.8, 4) is 11.3 Å². The van der Waals surface area contributed by atoms with Gasteiger partial charge in [0.25, 0.3) is 5.91 Å². The Bertz CT molecular complexity index is 1180. The zero-order valence-electron chi connectivity index (χ0n) is 14.1. The fraction of sp³-hybridized carbons (Fsp3) is 0.0526. The molecule has 1 amide bonds. The van der Waals surface area contributed by atoms with E-state index in [9.17, 15) is 14.9 Å². The third kappa shape index (κ3) is 3.18. The van der Waals surface area contributed by atoms with Gasteiger partial charge in [-0.05, 0) is 29.3 Å². The summed E-state index contributed by atoms with van der Waals surface area (Å²) in [4.78, 5) is 26.6. The zero-order chi connectivity index (χ0) is 19.0. The first kappa shape index (κ1) is 16.9. The van der Waals surface area contributed by atoms with Crippen molar-refractivity contribution < 1.29 is 14.1 Å². The van der Waals surface area contributed by atoms with Crippen LogP contribution in [-0.4, -0.2) is 15.8 Å². The molecule has 2 aromatic carbocycles. The number of carbonyl (C=O) groups excluding carboxylic acids is 1. The summed E-state index contributed by atoms with van der Waals surface area (Å²) >= 11 is 1.27. The number of anilines is 1. The van der Waals surface area contributed by atoms with Gasteiger partial charge in [-0.25, -0.2) is 4.98 Å². The number of nitrogens with zero attached hydrogens (tertiary/aromatic N) is 2. The first-order chi connectivity index (χ1) is 13.0. The summed E-state index contributed by atoms with van der Waals surface area (Å²) in [6.45, 7) is 2.06. The van der Waals surface area contributed by atoms with E-state index in [4.69, 9.17) is 4.42 Å². The highest BCUT2D eigenvalue weighted by molar-refractivity contribution is 7.14. The number of nitrogens with one attached hydrogen (secondary N) is 1. The highest BCUT2D eigenvalue weighted by Crippen LogP contribution is 2.32. The van der Waals surface area contributed by atoms with Crippen LogP contribution in [0.1, 0.15) is 16.1 Å². The molecule has 0 saturated carbocycles. The molecule has 0 bridgehead atoms. The molecular weight excluding hydrogens is 366 g/mol. The van der Waals surface area contributed by atoms with Gasteiger partial charge < -0.3 is 4.42 Å². The summed E-state index contributed by atoms with van der Waals surface area (Å²) in [5, 5.41) is 17.7. The second-order valence-corrected chi connectivity index (χ2v) is 6.72. The molecule has 2 heterocycles. The lowest BCUT2D eigenvalue weighted by Crippen LogP contribution is -2.10. The standard InChI is InChI=1S/C19H13N3O4S/c1-11-6-7-14(13-5-3-2-4-12(11)13)15-10-27-19(20-15)21-18(23)16-8-9-17(26-16)22(24)25/h2-10H,1H3,(H,20,21,23). The van der Waals surface area contributed by atoms with Crippen LogP contribution in [0.3, 0.4) is 0 Å². The van der Waals surface area contributed by atoms with Crippen molar-refractivity contribution in [3.63, 3.8) is 0 Å². The fourth-order valence-corrected chi connectivity index (χ4v) is 3.54. The van der Waals surface area contributed by atoms with Gasteiger partial charge in [-0.3, -0.25) is 20.2 Å². The Morgan fingerprint density at radius 3 is 2.67 bits per heavy atom. The Hall–Kier alpha value is -3.52. The molecule has 4 aromatic rings. The minimum absolute atomic E-state index is 0.140. The molecular formula is C19H13N3O4S. The number of furan rings is 1. The van der Waals surface area contributed by atoms with E-state index in [2.05, 4.69) is 23.3 Å². The van der Waals surface area contributed by atoms with Crippen LogP contribution in [0.2, 0.25) is 0 Å². The van der Waals surface area contributed by atoms with Gasteiger partial charge in [0.1, 0.15) is 4.92 Å². The lowest BCUT2D eigenvalue weighted by Gasteiger charge is -2.06. The fourth-order valence-electron chi connectivity index (χ4n) is 2.83. The second-order valence-electron chi connectivity index (χ2n) is 5.86. The number of carbonyl (C=O) groups is 1. The minimum atomic E-state index is -0.694. The number of rotatable bonds is 4. The number of aryl methyl sites for hydroxylation is 1. The first-order valence-corrected chi connectivity index (χ1v) is 8.91. The van der Waals surface area contributed by atoms with E-state index in [0.29, 0.717) is 5.13 Å². The van der Waals surface area contributed by atoms with Crippen molar-refractivity contribution in [2.24, 2.45) is 0 Å². The Balaban J connectivity index is 1.61. The average molecular weight is 379 g/mol. The van der Waals surface area contributed by atoms with Crippen molar-refractivity contribution in [1.29, 1.82) is 0 Å². The molecule has 0 spiro atoms. The van der Waals surface area contributed by atoms with Crippen LogP contribution in [0.4, 0.5) is 11.0 Å². The summed E-state index contributed by atoms with van der Waals surface area (Å²) < 4.78 is 4.91. The smallest absolute Gasteiger partial charge is 0.395 e. The van der Waals surface area contributed by atoms with Crippen molar-refractivity contribution in [2.75, 3.05) is 5.32 Å². The van der Waals surface area contributed by atoms with Crippen molar-refractivity contribution in [3.05, 3.63) is 75.3 Å². The van der Waals surface area contributed by atoms with E-state index >= 15 is 0 Å². The van der Waals surface area contributed by atoms with Crippen LogP contribution in [0, 0.1) is 17.0 Å². The highest BCUT2D eigenvalue weighted by Gasteiger charge is 2.18. The van der Waals surface area contributed by atoms with E-state index in [1.54, 1.807) is 0 Å². The Kier molecular flexibility index (Phi) is 4.17. The van der Waals surface area contributed by atoms with Crippen LogP contribution in [-0.2, 0) is 0 Å². The Morgan fingerprint density at radius 2 is 1.93 bits per heavy atom. The molecule has 0 atom stereocenters. The summed E-state index contributed by atoms with van der Waals surface area (Å²) in [5.41, 5.74) is 2.90. The SMILES string of the molecule is Cc1ccc(-c2csc(NC(=O)c3ccc([N+](=O)[O-])o3)n2)c2ccccc12. The molecule has 27 heavy (non-hydrogen) atoms. The van der Waals surface area contributed by atoms with E-state index in [1.165, 1.54) is 23.0 Å². The van der Waals surface area contributed by atoms with Crippen molar-refractivity contribution in [1.82, 2.24) is 4.98 Å². The molecule has 2 aromatic heterocycles. The van der Waals surface area contributed by atoms with Gasteiger partial charge in [0.15, 0.2) is 10.9 Å². The van der Waals surface area contributed by atoms with E-state index in [1.807, 2.05) is 35.7 Å². The van der Waals surface area contributed by atoms with Crippen molar-refractivity contribution >= 4 is 39.0 Å². The Labute approximate surface area is 157 Å². The van der Waals surface area contributed by atoms with Crippen molar-refractivity contribution in [2.45, 2.75) is 6.92 Å². The van der Waals surface area contributed by atoms with Crippen LogP contribution in [0.15, 0.2) is 58.3 Å². The van der Waals surface area contributed by atoms with E-state index < -0.39 is 16.7 Å². The number of hydrogen-bond acceptors (Lipinski definition) is 6. The van der Waals surface area contributed by atoms with Gasteiger partial charge in [-0.1, -0.05) is 36.4 Å². The Morgan fingerprint density at radius 1 is 1.15 bits per heavy atom. The molecule has 0 unspecified atom stereocenters. The third-order valence-electron chi connectivity index (χ3n) is 4.14. The molecule has 0 aliphatic carbocycles. The van der Waals surface area contributed by atoms with Crippen LogP contribution >= 0.6 is 11.3 Å². The average Bonchev–Trinajstić information content (AvgIpc) is 3.32. The molecule has 8 heteroatoms. The number of hydrogen-bond donors (Lipinski definition) is 1. The highest BCUT2D eigenvalue weighted by atomic mass is 32.1. The number of benzene rings is 2. The molecule has 0 radical (unpaired) electrons. The predicted octanol–water partition coefficient (Wildman–Crippen LogP) is 5.03. The first-order valence-electron chi connectivity index (χ1n) is 8.03. The molecule has 0 aliphatic heterocycles. The van der Waals surface area contributed by atoms with Gasteiger partial charge >= 0.3 is 5.88 Å². The number of nitro groups is 1. The maximum atomic E-state index is 12.2. The molecule has 4 rings (SSSR count). The molecule has 0 saturated heterocycles. The number of aromatic nitrogens is 1. The predicted molar refractivity (Wildman–Crippen MR) is 103 cm³/mol. The quantitative estimate of drug-likeness (QED) is 0.396. The summed E-state index contributed by atoms with van der Waals surface area (Å²) in [7, 11) is 0. The van der Waals surface area contributed by atoms with E-state index in [-0.39, 0.29) is 5.76 Å². The van der Waals surface area contributed by atoms with Crippen LogP contribution in [0.25, 0.3) is 22.0 Å². The molecule has 0 fully saturated rings. The molecule has 7 nitrogen and oxygen atoms in total. The number of fused-ring (bicyclic) bond motifs is 1. The molecule has 134 valence electrons. The second kappa shape index (κ2) is 6.65. The topological polar surface area (TPSA) is 98.3 Å². The minimum Gasteiger partial charge on any atom is -0.395 e. The largest absolute Gasteiger partial charge is 0.433 e. The molecule has 1 N–H and O–H groups in total. The number of thiazole rings is 1. The maximum absolute atomic E-state index is 12.2. The molecule has 0 aliphatic rings. The zero-order valence-corrected chi connectivity index (χ0v) is 14.9. The summed E-state index contributed by atoms with van der Waals surface area (Å²) in [6.07, 6.45) is 0. The lowest BCUT2D eigenvalue weighted by atomic mass is 9.99. The van der Waals surface area contributed by atoms with Gasteiger partial charge in [0.2, 0.25) is 0 Å². The normalized spacial score (nSPS) is 10.9. The third-order valence-corrected chi connectivity index (χ3v) is 4.90. The summed E-state index contributed by atoms with van der Waals surface area (Å²) in [5.74, 6) is -1.21. The monoisotopic (exact) mass is 379 g/mol. The number of amides is 1.